The highest BCUT2D eigenvalue weighted by molar-refractivity contribution is 6.22. The second-order valence-electron chi connectivity index (χ2n) is 9.55. The quantitative estimate of drug-likeness (QED) is 0.401. The van der Waals surface area contributed by atoms with Crippen LogP contribution in [0.5, 0.6) is 0 Å². The molecule has 2 aromatic carbocycles. The summed E-state index contributed by atoms with van der Waals surface area (Å²) < 4.78 is 52.6. The Morgan fingerprint density at radius 2 is 1.76 bits per heavy atom. The minimum atomic E-state index is -4.69. The van der Waals surface area contributed by atoms with E-state index in [2.05, 4.69) is 10.1 Å². The number of alkyl halides is 3. The van der Waals surface area contributed by atoms with Gasteiger partial charge in [-0.1, -0.05) is 5.16 Å². The molecular formula is C26H25F3N4O4. The molecule has 0 radical (unpaired) electrons. The van der Waals surface area contributed by atoms with Gasteiger partial charge in [0.05, 0.1) is 40.1 Å². The van der Waals surface area contributed by atoms with Crippen LogP contribution < -0.4 is 5.73 Å². The van der Waals surface area contributed by atoms with Crippen LogP contribution in [0.25, 0.3) is 32.9 Å². The molecule has 194 valence electrons. The molecule has 1 saturated heterocycles. The highest BCUT2D eigenvalue weighted by atomic mass is 19.4. The Hall–Kier alpha value is -3.86. The van der Waals surface area contributed by atoms with Crippen molar-refractivity contribution in [2.24, 2.45) is 5.73 Å². The molecule has 4 aromatic rings. The molecule has 1 aliphatic rings. The molecule has 2 amide bonds. The molecule has 0 aliphatic carbocycles. The Morgan fingerprint density at radius 1 is 1.08 bits per heavy atom. The topological polar surface area (TPSA) is 114 Å². The smallest absolute Gasteiger partial charge is 0.372 e. The van der Waals surface area contributed by atoms with E-state index in [-0.39, 0.29) is 52.8 Å². The summed E-state index contributed by atoms with van der Waals surface area (Å²) in [6.07, 6.45) is -5.24. The number of H-pyrrole nitrogens is 1. The molecule has 3 N–H and O–H groups in total. The number of nitrogens with one attached hydrogen (secondary N) is 1. The molecule has 2 unspecified atom stereocenters. The average Bonchev–Trinajstić information content (AvgIpc) is 3.34. The van der Waals surface area contributed by atoms with Crippen molar-refractivity contribution in [2.45, 2.75) is 46.1 Å². The number of amides is 2. The number of carbonyl (C=O) groups excluding carboxylic acids is 2. The van der Waals surface area contributed by atoms with Gasteiger partial charge in [0.25, 0.3) is 11.8 Å². The fraction of sp³-hybridized carbons (Fsp3) is 0.346. The number of aryl methyl sites for hydroxylation is 2. The van der Waals surface area contributed by atoms with Crippen LogP contribution in [-0.4, -0.2) is 52.2 Å². The third-order valence-electron chi connectivity index (χ3n) is 6.66. The van der Waals surface area contributed by atoms with Crippen molar-refractivity contribution in [2.75, 3.05) is 13.1 Å². The van der Waals surface area contributed by atoms with Crippen molar-refractivity contribution in [3.8, 4) is 11.1 Å². The van der Waals surface area contributed by atoms with Gasteiger partial charge in [-0.2, -0.15) is 13.2 Å². The van der Waals surface area contributed by atoms with Crippen molar-refractivity contribution >= 4 is 33.6 Å². The Kier molecular flexibility index (Phi) is 5.78. The van der Waals surface area contributed by atoms with Crippen molar-refractivity contribution in [1.29, 1.82) is 0 Å². The first kappa shape index (κ1) is 24.8. The molecule has 11 heteroatoms. The summed E-state index contributed by atoms with van der Waals surface area (Å²) in [4.78, 5) is 30.6. The van der Waals surface area contributed by atoms with Crippen LogP contribution in [0.1, 0.15) is 51.6 Å². The van der Waals surface area contributed by atoms with Gasteiger partial charge in [0.1, 0.15) is 5.76 Å². The van der Waals surface area contributed by atoms with Crippen LogP contribution in [-0.2, 0) is 10.9 Å². The summed E-state index contributed by atoms with van der Waals surface area (Å²) in [5, 5.41) is 4.63. The van der Waals surface area contributed by atoms with E-state index < -0.39 is 23.6 Å². The summed E-state index contributed by atoms with van der Waals surface area (Å²) in [5.41, 5.74) is 6.72. The second kappa shape index (κ2) is 8.62. The third-order valence-corrected chi connectivity index (χ3v) is 6.66. The predicted octanol–water partition coefficient (Wildman–Crippen LogP) is 4.96. The van der Waals surface area contributed by atoms with Crippen molar-refractivity contribution < 1.29 is 32.0 Å². The molecular weight excluding hydrogens is 489 g/mol. The Morgan fingerprint density at radius 3 is 2.32 bits per heavy atom. The summed E-state index contributed by atoms with van der Waals surface area (Å²) in [7, 11) is 0. The SMILES string of the molecule is Cc1noc(C)c1-c1cc(C(N)=O)c2[nH]c3cc(C(F)(F)F)cc(C(=O)N4CC(C)OC(C)C4)c3c2c1. The van der Waals surface area contributed by atoms with E-state index in [1.54, 1.807) is 39.8 Å². The van der Waals surface area contributed by atoms with E-state index in [9.17, 15) is 22.8 Å². The fourth-order valence-electron chi connectivity index (χ4n) is 5.22. The standard InChI is InChI=1S/C26H25F3N4O4/c1-11-9-33(10-12(2)36-11)25(35)18-7-16(26(27,28)29)8-20-22(18)17-5-15(21-13(3)32-37-14(21)4)6-19(24(30)34)23(17)31-20/h5-8,11-12,31H,9-10H2,1-4H3,(H2,30,34). The maximum atomic E-state index is 13.9. The van der Waals surface area contributed by atoms with E-state index in [1.165, 1.54) is 4.90 Å². The van der Waals surface area contributed by atoms with Crippen molar-refractivity contribution in [3.05, 3.63) is 52.4 Å². The van der Waals surface area contributed by atoms with E-state index >= 15 is 0 Å². The number of benzene rings is 2. The van der Waals surface area contributed by atoms with E-state index in [4.69, 9.17) is 15.0 Å². The molecule has 8 nitrogen and oxygen atoms in total. The number of carbonyl (C=O) groups is 2. The van der Waals surface area contributed by atoms with Crippen LogP contribution in [0, 0.1) is 13.8 Å². The molecule has 0 saturated carbocycles. The largest absolute Gasteiger partial charge is 0.416 e. The molecule has 3 heterocycles. The number of nitrogens with two attached hydrogens (primary N) is 1. The molecule has 37 heavy (non-hydrogen) atoms. The number of morpholine rings is 1. The van der Waals surface area contributed by atoms with Gasteiger partial charge in [-0.25, -0.2) is 0 Å². The number of ether oxygens (including phenoxy) is 1. The minimum absolute atomic E-state index is 0.0703. The molecule has 2 atom stereocenters. The van der Waals surface area contributed by atoms with Crippen LogP contribution in [0.15, 0.2) is 28.8 Å². The van der Waals surface area contributed by atoms with Gasteiger partial charge in [-0.05, 0) is 57.5 Å². The normalized spacial score (nSPS) is 18.6. The number of hydrogen-bond acceptors (Lipinski definition) is 5. The summed E-state index contributed by atoms with van der Waals surface area (Å²) in [6.45, 7) is 7.53. The summed E-state index contributed by atoms with van der Waals surface area (Å²) >= 11 is 0. The second-order valence-corrected chi connectivity index (χ2v) is 9.55. The van der Waals surface area contributed by atoms with Gasteiger partial charge in [0, 0.05) is 34.9 Å². The molecule has 0 spiro atoms. The lowest BCUT2D eigenvalue weighted by Gasteiger charge is -2.35. The number of primary amides is 1. The van der Waals surface area contributed by atoms with Gasteiger partial charge in [0.2, 0.25) is 0 Å². The van der Waals surface area contributed by atoms with E-state index in [0.29, 0.717) is 28.0 Å². The minimum Gasteiger partial charge on any atom is -0.372 e. The highest BCUT2D eigenvalue weighted by Crippen LogP contribution is 2.40. The molecule has 1 fully saturated rings. The highest BCUT2D eigenvalue weighted by Gasteiger charge is 2.35. The lowest BCUT2D eigenvalue weighted by atomic mass is 9.95. The lowest BCUT2D eigenvalue weighted by Crippen LogP contribution is -2.48. The Labute approximate surface area is 209 Å². The Balaban J connectivity index is 1.84. The zero-order valence-electron chi connectivity index (χ0n) is 20.6. The number of hydrogen-bond donors (Lipinski definition) is 2. The zero-order valence-corrected chi connectivity index (χ0v) is 20.6. The number of halogens is 3. The molecule has 5 rings (SSSR count). The average molecular weight is 515 g/mol. The van der Waals surface area contributed by atoms with Crippen LogP contribution >= 0.6 is 0 Å². The van der Waals surface area contributed by atoms with Crippen LogP contribution in [0.2, 0.25) is 0 Å². The molecule has 1 aliphatic heterocycles. The number of aromatic nitrogens is 2. The first-order chi connectivity index (χ1) is 17.3. The number of aromatic amines is 1. The van der Waals surface area contributed by atoms with Gasteiger partial charge < -0.3 is 24.9 Å². The monoisotopic (exact) mass is 514 g/mol. The van der Waals surface area contributed by atoms with Crippen LogP contribution in [0.4, 0.5) is 13.2 Å². The first-order valence-corrected chi connectivity index (χ1v) is 11.7. The lowest BCUT2D eigenvalue weighted by molar-refractivity contribution is -0.137. The van der Waals surface area contributed by atoms with Gasteiger partial charge in [-0.3, -0.25) is 9.59 Å². The third kappa shape index (κ3) is 4.22. The molecule has 2 aromatic heterocycles. The summed E-state index contributed by atoms with van der Waals surface area (Å²) in [5.74, 6) is -0.827. The maximum Gasteiger partial charge on any atom is 0.416 e. The number of rotatable bonds is 3. The van der Waals surface area contributed by atoms with Crippen molar-refractivity contribution in [1.82, 2.24) is 15.0 Å². The van der Waals surface area contributed by atoms with Gasteiger partial charge >= 0.3 is 6.18 Å². The summed E-state index contributed by atoms with van der Waals surface area (Å²) in [6, 6.07) is 5.07. The zero-order chi connectivity index (χ0) is 26.8. The fourth-order valence-corrected chi connectivity index (χ4v) is 5.22. The van der Waals surface area contributed by atoms with Gasteiger partial charge in [0.15, 0.2) is 0 Å². The maximum absolute atomic E-state index is 13.9. The van der Waals surface area contributed by atoms with Crippen molar-refractivity contribution in [3.63, 3.8) is 0 Å². The Bertz CT molecular complexity index is 1540. The van der Waals surface area contributed by atoms with Gasteiger partial charge in [-0.15, -0.1) is 0 Å². The van der Waals surface area contributed by atoms with Crippen LogP contribution in [0.3, 0.4) is 0 Å². The number of nitrogens with zero attached hydrogens (tertiary/aromatic N) is 2. The predicted molar refractivity (Wildman–Crippen MR) is 130 cm³/mol. The van der Waals surface area contributed by atoms with E-state index in [1.807, 2.05) is 0 Å². The first-order valence-electron chi connectivity index (χ1n) is 11.7. The molecule has 0 bridgehead atoms. The van der Waals surface area contributed by atoms with E-state index in [0.717, 1.165) is 12.1 Å². The number of fused-ring (bicyclic) bond motifs is 3.